The second-order valence-electron chi connectivity index (χ2n) is 20.4. The number of fused-ring (bicyclic) bond motifs is 12. The maximum Gasteiger partial charge on any atom is 0.165 e. The predicted molar refractivity (Wildman–Crippen MR) is 275 cm³/mol. The van der Waals surface area contributed by atoms with Crippen molar-refractivity contribution in [1.29, 1.82) is 0 Å². The molecule has 366 valence electrons. The SMILES string of the molecule is COc1c(O)ccc2c1CN1CCc3cc(C)c(C)cc3C1C2.COc1c(O)ccc2c1CN1CCc3cc(C)c(O)cc3C1C2.COc1ccc2c(c1OC)CN1CCc3cc(C)c(C)cc3C1C2. The fourth-order valence-electron chi connectivity index (χ4n) is 12.4. The largest absolute Gasteiger partial charge is 0.508 e. The van der Waals surface area contributed by atoms with E-state index < -0.39 is 0 Å². The highest BCUT2D eigenvalue weighted by molar-refractivity contribution is 5.56. The molecule has 0 aromatic heterocycles. The van der Waals surface area contributed by atoms with Gasteiger partial charge in [-0.05, 0) is 175 Å². The summed E-state index contributed by atoms with van der Waals surface area (Å²) in [6.45, 7) is 16.5. The summed E-state index contributed by atoms with van der Waals surface area (Å²) in [6.07, 6.45) is 6.13. The topological polar surface area (TPSA) is 107 Å². The van der Waals surface area contributed by atoms with Crippen molar-refractivity contribution in [1.82, 2.24) is 14.7 Å². The second-order valence-corrected chi connectivity index (χ2v) is 20.4. The van der Waals surface area contributed by atoms with Crippen LogP contribution in [0.4, 0.5) is 0 Å². The molecule has 0 aliphatic carbocycles. The van der Waals surface area contributed by atoms with E-state index in [-0.39, 0.29) is 17.5 Å². The first-order chi connectivity index (χ1) is 33.8. The molecule has 0 fully saturated rings. The lowest BCUT2D eigenvalue weighted by Gasteiger charge is -2.42. The zero-order valence-electron chi connectivity index (χ0n) is 42.5. The van der Waals surface area contributed by atoms with Crippen molar-refractivity contribution >= 4 is 0 Å². The van der Waals surface area contributed by atoms with Gasteiger partial charge in [0.15, 0.2) is 34.5 Å². The van der Waals surface area contributed by atoms with Gasteiger partial charge in [0.05, 0.1) is 28.4 Å². The highest BCUT2D eigenvalue weighted by Gasteiger charge is 2.37. The Hall–Kier alpha value is -6.20. The number of phenolic OH excluding ortho intramolecular Hbond substituents is 3. The summed E-state index contributed by atoms with van der Waals surface area (Å²) in [7, 11) is 6.69. The van der Waals surface area contributed by atoms with Gasteiger partial charge in [-0.25, -0.2) is 0 Å². The quantitative estimate of drug-likeness (QED) is 0.158. The number of aromatic hydroxyl groups is 3. The number of methoxy groups -OCH3 is 4. The minimum Gasteiger partial charge on any atom is -0.508 e. The molecule has 6 aliphatic rings. The van der Waals surface area contributed by atoms with Crippen LogP contribution in [0.25, 0.3) is 0 Å². The summed E-state index contributed by atoms with van der Waals surface area (Å²) in [5.41, 5.74) is 22.6. The number of hydrogen-bond donors (Lipinski definition) is 3. The van der Waals surface area contributed by atoms with Gasteiger partial charge < -0.3 is 34.3 Å². The highest BCUT2D eigenvalue weighted by Crippen LogP contribution is 2.47. The van der Waals surface area contributed by atoms with Gasteiger partial charge in [-0.3, -0.25) is 14.7 Å². The summed E-state index contributed by atoms with van der Waals surface area (Å²) >= 11 is 0. The number of ether oxygens (including phenoxy) is 4. The monoisotopic (exact) mass is 944 g/mol. The molecule has 6 heterocycles. The Morgan fingerprint density at radius 2 is 0.743 bits per heavy atom. The number of rotatable bonds is 4. The maximum atomic E-state index is 10.1. The molecule has 6 aromatic rings. The molecule has 6 aliphatic heterocycles. The van der Waals surface area contributed by atoms with Crippen LogP contribution in [-0.2, 0) is 58.2 Å². The van der Waals surface area contributed by atoms with E-state index in [0.29, 0.717) is 29.3 Å². The molecule has 10 heteroatoms. The molecule has 12 rings (SSSR count). The standard InChI is InChI=1S/C21H25NO2.C20H23NO2.C19H21NO3/c1-13-9-16-7-8-22-12-18-15(5-6-20(23-3)21(18)24-4)11-19(22)17(16)10-14(13)2;1-12-8-15-6-7-21-11-17-14(4-5-19(22)20(17)23-3)10-18(21)16(15)9-13(12)2;1-11-7-13-5-6-20-10-15-12(3-4-17(21)19(15)23-2)8-16(20)14(13)9-18(11)22/h5-6,9-10,19H,7-8,11-12H2,1-4H3;4-5,8-9,18,22H,6-7,10-11H2,1-3H3;3-4,7,9,16,21-22H,5-6,8,10H2,1-2H3. The number of aryl methyl sites for hydroxylation is 5. The molecule has 10 nitrogen and oxygen atoms in total. The van der Waals surface area contributed by atoms with Crippen molar-refractivity contribution < 1.29 is 34.3 Å². The van der Waals surface area contributed by atoms with E-state index in [1.807, 2.05) is 25.1 Å². The molecule has 0 saturated carbocycles. The Kier molecular flexibility index (Phi) is 13.0. The molecule has 0 spiro atoms. The molecular weight excluding hydrogens is 875 g/mol. The van der Waals surface area contributed by atoms with Crippen LogP contribution < -0.4 is 18.9 Å². The average molecular weight is 944 g/mol. The first-order valence-corrected chi connectivity index (χ1v) is 25.0. The lowest BCUT2D eigenvalue weighted by Crippen LogP contribution is -2.39. The predicted octanol–water partition coefficient (Wildman–Crippen LogP) is 10.7. The van der Waals surface area contributed by atoms with Gasteiger partial charge in [0.2, 0.25) is 0 Å². The molecule has 3 unspecified atom stereocenters. The maximum absolute atomic E-state index is 10.1. The Labute approximate surface area is 414 Å². The van der Waals surface area contributed by atoms with Gasteiger partial charge in [0, 0.05) is 74.1 Å². The average Bonchev–Trinajstić information content (AvgIpc) is 3.36. The summed E-state index contributed by atoms with van der Waals surface area (Å²) in [5.74, 6) is 3.80. The summed E-state index contributed by atoms with van der Waals surface area (Å²) in [5, 5.41) is 30.2. The van der Waals surface area contributed by atoms with Gasteiger partial charge in [-0.15, -0.1) is 0 Å². The van der Waals surface area contributed by atoms with Crippen molar-refractivity contribution in [3.8, 4) is 40.2 Å². The van der Waals surface area contributed by atoms with Crippen LogP contribution in [0, 0.1) is 34.6 Å². The van der Waals surface area contributed by atoms with Crippen LogP contribution in [0.3, 0.4) is 0 Å². The van der Waals surface area contributed by atoms with Gasteiger partial charge >= 0.3 is 0 Å². The van der Waals surface area contributed by atoms with Crippen LogP contribution in [0.5, 0.6) is 40.2 Å². The number of phenols is 3. The third kappa shape index (κ3) is 8.51. The molecular formula is C60H69N3O7. The molecule has 0 bridgehead atoms. The van der Waals surface area contributed by atoms with Crippen molar-refractivity contribution in [3.05, 3.63) is 167 Å². The van der Waals surface area contributed by atoms with Crippen LogP contribution in [0.1, 0.15) is 113 Å². The molecule has 6 aromatic carbocycles. The van der Waals surface area contributed by atoms with E-state index in [0.717, 1.165) is 106 Å². The third-order valence-electron chi connectivity index (χ3n) is 16.5. The minimum atomic E-state index is 0.204. The van der Waals surface area contributed by atoms with Gasteiger partial charge in [-0.2, -0.15) is 0 Å². The normalized spacial score (nSPS) is 19.5. The van der Waals surface area contributed by atoms with Crippen molar-refractivity contribution in [2.24, 2.45) is 0 Å². The van der Waals surface area contributed by atoms with E-state index in [1.165, 1.54) is 77.9 Å². The summed E-state index contributed by atoms with van der Waals surface area (Å²) in [4.78, 5) is 7.55. The second kappa shape index (κ2) is 19.2. The Morgan fingerprint density at radius 3 is 1.14 bits per heavy atom. The smallest absolute Gasteiger partial charge is 0.165 e. The number of nitrogens with zero attached hydrogens (tertiary/aromatic N) is 3. The Bertz CT molecular complexity index is 2870. The van der Waals surface area contributed by atoms with Gasteiger partial charge in [-0.1, -0.05) is 48.5 Å². The van der Waals surface area contributed by atoms with Crippen LogP contribution >= 0.6 is 0 Å². The van der Waals surface area contributed by atoms with Gasteiger partial charge in [0.1, 0.15) is 5.75 Å². The van der Waals surface area contributed by atoms with E-state index >= 15 is 0 Å². The third-order valence-corrected chi connectivity index (χ3v) is 16.5. The van der Waals surface area contributed by atoms with Crippen molar-refractivity contribution in [3.63, 3.8) is 0 Å². The number of benzene rings is 6. The zero-order valence-corrected chi connectivity index (χ0v) is 42.5. The first-order valence-electron chi connectivity index (χ1n) is 25.0. The van der Waals surface area contributed by atoms with E-state index in [4.69, 9.17) is 18.9 Å². The van der Waals surface area contributed by atoms with Crippen LogP contribution in [0.2, 0.25) is 0 Å². The number of hydrogen-bond acceptors (Lipinski definition) is 10. The molecule has 0 saturated heterocycles. The molecule has 70 heavy (non-hydrogen) atoms. The van der Waals surface area contributed by atoms with E-state index in [2.05, 4.69) is 84.9 Å². The lowest BCUT2D eigenvalue weighted by atomic mass is 9.82. The van der Waals surface area contributed by atoms with Gasteiger partial charge in [0.25, 0.3) is 0 Å². The van der Waals surface area contributed by atoms with Crippen molar-refractivity contribution in [2.45, 2.75) is 111 Å². The fraction of sp³-hybridized carbons (Fsp3) is 0.400. The lowest BCUT2D eigenvalue weighted by molar-refractivity contribution is 0.157. The summed E-state index contributed by atoms with van der Waals surface area (Å²) < 4.78 is 22.0. The minimum absolute atomic E-state index is 0.204. The highest BCUT2D eigenvalue weighted by atomic mass is 16.5. The van der Waals surface area contributed by atoms with E-state index in [1.54, 1.807) is 40.6 Å². The van der Waals surface area contributed by atoms with Crippen LogP contribution in [-0.4, -0.2) is 78.1 Å². The molecule has 0 amide bonds. The molecule has 0 radical (unpaired) electrons. The first kappa shape index (κ1) is 47.5. The molecule has 3 N–H and O–H groups in total. The molecule has 3 atom stereocenters. The van der Waals surface area contributed by atoms with Crippen LogP contribution in [0.15, 0.2) is 72.8 Å². The zero-order chi connectivity index (χ0) is 49.1. The summed E-state index contributed by atoms with van der Waals surface area (Å²) in [6, 6.07) is 26.6. The fourth-order valence-corrected chi connectivity index (χ4v) is 12.4. The van der Waals surface area contributed by atoms with E-state index in [9.17, 15) is 15.3 Å². The Balaban J connectivity index is 0.000000122. The van der Waals surface area contributed by atoms with Crippen molar-refractivity contribution in [2.75, 3.05) is 48.1 Å². The Morgan fingerprint density at radius 1 is 0.386 bits per heavy atom.